The topological polar surface area (TPSA) is 46.2 Å². The molecule has 0 saturated heterocycles. The van der Waals surface area contributed by atoms with Crippen molar-refractivity contribution in [3.8, 4) is 0 Å². The quantitative estimate of drug-likeness (QED) is 0.695. The average molecular weight is 446 g/mol. The van der Waals surface area contributed by atoms with Crippen LogP contribution < -0.4 is 4.72 Å². The van der Waals surface area contributed by atoms with E-state index in [1.165, 1.54) is 6.07 Å². The summed E-state index contributed by atoms with van der Waals surface area (Å²) in [5.74, 6) is 0. The number of alkyl halides is 1. The van der Waals surface area contributed by atoms with Gasteiger partial charge in [0.25, 0.3) is 0 Å². The minimum atomic E-state index is -3.61. The summed E-state index contributed by atoms with van der Waals surface area (Å²) in [5, 5.41) is 0.848. The summed E-state index contributed by atoms with van der Waals surface area (Å²) in [6.07, 6.45) is 4.96. The summed E-state index contributed by atoms with van der Waals surface area (Å²) in [6.45, 7) is 0. The molecule has 20 heavy (non-hydrogen) atoms. The minimum Gasteiger partial charge on any atom is -0.207 e. The van der Waals surface area contributed by atoms with Crippen LogP contribution in [0.5, 0.6) is 0 Å². The molecule has 112 valence electrons. The molecule has 0 heterocycles. The van der Waals surface area contributed by atoms with Crippen LogP contribution in [0, 0.1) is 0 Å². The number of nitrogens with one attached hydrogen (secondary N) is 1. The van der Waals surface area contributed by atoms with E-state index in [0.29, 0.717) is 5.33 Å². The fraction of sp³-hybridized carbons (Fsp3) is 0.538. The van der Waals surface area contributed by atoms with Crippen LogP contribution in [-0.2, 0) is 10.0 Å². The molecule has 0 aliphatic heterocycles. The number of rotatable bonds is 4. The summed E-state index contributed by atoms with van der Waals surface area (Å²) < 4.78 is 28.7. The lowest BCUT2D eigenvalue weighted by molar-refractivity contribution is 0.301. The average Bonchev–Trinajstić information content (AvgIpc) is 2.38. The molecule has 7 heteroatoms. The smallest absolute Gasteiger partial charge is 0.207 e. The second kappa shape index (κ2) is 6.65. The fourth-order valence-electron chi connectivity index (χ4n) is 2.52. The maximum Gasteiger partial charge on any atom is 0.242 e. The van der Waals surface area contributed by atoms with Crippen LogP contribution in [0.1, 0.15) is 32.1 Å². The fourth-order valence-corrected chi connectivity index (χ4v) is 5.91. The van der Waals surface area contributed by atoms with Crippen LogP contribution in [0.3, 0.4) is 0 Å². The molecule has 1 fully saturated rings. The van der Waals surface area contributed by atoms with Gasteiger partial charge in [-0.05, 0) is 31.0 Å². The van der Waals surface area contributed by atoms with Gasteiger partial charge in [0, 0.05) is 15.3 Å². The van der Waals surface area contributed by atoms with Gasteiger partial charge in [0.05, 0.1) is 5.02 Å². The molecule has 1 N–H and O–H groups in total. The van der Waals surface area contributed by atoms with Gasteiger partial charge in [-0.25, -0.2) is 13.1 Å². The van der Waals surface area contributed by atoms with E-state index in [9.17, 15) is 8.42 Å². The largest absolute Gasteiger partial charge is 0.242 e. The zero-order chi connectivity index (χ0) is 14.8. The Hall–Kier alpha value is 0.380. The standard InChI is InChI=1S/C13H16Br2ClNO2S/c14-9-13(6-2-1-3-7-13)17-20(18,19)12-5-4-10(15)8-11(12)16/h4-5,8,17H,1-3,6-7,9H2. The molecule has 0 amide bonds. The maximum absolute atomic E-state index is 12.6. The summed E-state index contributed by atoms with van der Waals surface area (Å²) in [5.41, 5.74) is -0.395. The molecule has 2 rings (SSSR count). The summed E-state index contributed by atoms with van der Waals surface area (Å²) in [4.78, 5) is 0.133. The van der Waals surface area contributed by atoms with Crippen molar-refractivity contribution in [1.82, 2.24) is 4.72 Å². The molecule has 1 aromatic rings. The molecule has 0 spiro atoms. The molecular weight excluding hydrogens is 429 g/mol. The van der Waals surface area contributed by atoms with Gasteiger partial charge in [-0.3, -0.25) is 0 Å². The van der Waals surface area contributed by atoms with E-state index < -0.39 is 15.6 Å². The molecule has 0 radical (unpaired) electrons. The first kappa shape index (κ1) is 16.7. The molecule has 1 aromatic carbocycles. The molecule has 1 aliphatic carbocycles. The Balaban J connectivity index is 2.30. The van der Waals surface area contributed by atoms with Crippen molar-refractivity contribution in [2.45, 2.75) is 42.5 Å². The summed E-state index contributed by atoms with van der Waals surface area (Å²) in [7, 11) is -3.61. The lowest BCUT2D eigenvalue weighted by atomic mass is 9.84. The molecule has 0 aromatic heterocycles. The van der Waals surface area contributed by atoms with Crippen LogP contribution in [0.4, 0.5) is 0 Å². The van der Waals surface area contributed by atoms with Crippen molar-refractivity contribution in [2.24, 2.45) is 0 Å². The van der Waals surface area contributed by atoms with Gasteiger partial charge < -0.3 is 0 Å². The van der Waals surface area contributed by atoms with Crippen LogP contribution in [0.15, 0.2) is 27.6 Å². The Bertz CT molecular complexity index is 586. The summed E-state index contributed by atoms with van der Waals surface area (Å²) in [6, 6.07) is 4.80. The minimum absolute atomic E-state index is 0.133. The van der Waals surface area contributed by atoms with Gasteiger partial charge in [0.2, 0.25) is 10.0 Å². The Morgan fingerprint density at radius 1 is 1.25 bits per heavy atom. The molecule has 0 bridgehead atoms. The van der Waals surface area contributed by atoms with E-state index in [0.717, 1.165) is 36.6 Å². The van der Waals surface area contributed by atoms with E-state index in [-0.39, 0.29) is 9.92 Å². The predicted molar refractivity (Wildman–Crippen MR) is 89.1 cm³/mol. The SMILES string of the molecule is O=S(=O)(NC1(CBr)CCCCC1)c1ccc(Br)cc1Cl. The van der Waals surface area contributed by atoms with Crippen molar-refractivity contribution in [3.63, 3.8) is 0 Å². The monoisotopic (exact) mass is 443 g/mol. The van der Waals surface area contributed by atoms with Crippen molar-refractivity contribution < 1.29 is 8.42 Å². The second-order valence-corrected chi connectivity index (χ2v) is 8.69. The third-order valence-corrected chi connectivity index (χ3v) is 7.23. The zero-order valence-electron chi connectivity index (χ0n) is 10.8. The predicted octanol–water partition coefficient (Wildman–Crippen LogP) is 4.48. The van der Waals surface area contributed by atoms with E-state index in [1.54, 1.807) is 12.1 Å². The Morgan fingerprint density at radius 2 is 1.90 bits per heavy atom. The van der Waals surface area contributed by atoms with Crippen LogP contribution >= 0.6 is 43.5 Å². The van der Waals surface area contributed by atoms with Crippen molar-refractivity contribution in [1.29, 1.82) is 0 Å². The first-order valence-electron chi connectivity index (χ1n) is 6.44. The third-order valence-electron chi connectivity index (χ3n) is 3.60. The molecular formula is C13H16Br2ClNO2S. The lowest BCUT2D eigenvalue weighted by Crippen LogP contribution is -2.51. The number of benzene rings is 1. The summed E-state index contributed by atoms with van der Waals surface area (Å²) >= 11 is 12.8. The highest BCUT2D eigenvalue weighted by molar-refractivity contribution is 9.10. The van der Waals surface area contributed by atoms with Gasteiger partial charge in [0.15, 0.2) is 0 Å². The molecule has 0 atom stereocenters. The Morgan fingerprint density at radius 3 is 2.45 bits per heavy atom. The number of hydrogen-bond acceptors (Lipinski definition) is 2. The first-order valence-corrected chi connectivity index (χ1v) is 10.2. The number of halogens is 3. The van der Waals surface area contributed by atoms with Gasteiger partial charge in [-0.15, -0.1) is 0 Å². The number of sulfonamides is 1. The van der Waals surface area contributed by atoms with Gasteiger partial charge >= 0.3 is 0 Å². The maximum atomic E-state index is 12.6. The van der Waals surface area contributed by atoms with Gasteiger partial charge in [-0.1, -0.05) is 62.7 Å². The van der Waals surface area contributed by atoms with Gasteiger partial charge in [-0.2, -0.15) is 0 Å². The van der Waals surface area contributed by atoms with Crippen molar-refractivity contribution in [2.75, 3.05) is 5.33 Å². The molecule has 3 nitrogen and oxygen atoms in total. The lowest BCUT2D eigenvalue weighted by Gasteiger charge is -2.36. The van der Waals surface area contributed by atoms with Crippen LogP contribution in [0.2, 0.25) is 5.02 Å². The van der Waals surface area contributed by atoms with E-state index >= 15 is 0 Å². The number of hydrogen-bond donors (Lipinski definition) is 1. The van der Waals surface area contributed by atoms with E-state index in [4.69, 9.17) is 11.6 Å². The van der Waals surface area contributed by atoms with Crippen molar-refractivity contribution >= 4 is 53.5 Å². The molecule has 0 unspecified atom stereocenters. The van der Waals surface area contributed by atoms with Gasteiger partial charge in [0.1, 0.15) is 4.90 Å². The third kappa shape index (κ3) is 3.77. The highest BCUT2D eigenvalue weighted by Gasteiger charge is 2.36. The van der Waals surface area contributed by atoms with E-state index in [1.807, 2.05) is 0 Å². The highest BCUT2D eigenvalue weighted by Crippen LogP contribution is 2.33. The van der Waals surface area contributed by atoms with Crippen LogP contribution in [0.25, 0.3) is 0 Å². The van der Waals surface area contributed by atoms with Crippen molar-refractivity contribution in [3.05, 3.63) is 27.7 Å². The first-order chi connectivity index (χ1) is 9.38. The Kier molecular flexibility index (Phi) is 5.57. The van der Waals surface area contributed by atoms with Crippen LogP contribution in [-0.4, -0.2) is 19.3 Å². The van der Waals surface area contributed by atoms with E-state index in [2.05, 4.69) is 36.6 Å². The molecule has 1 saturated carbocycles. The molecule has 1 aliphatic rings. The Labute approximate surface area is 141 Å². The highest BCUT2D eigenvalue weighted by atomic mass is 79.9. The second-order valence-electron chi connectivity index (χ2n) is 5.15. The zero-order valence-corrected chi connectivity index (χ0v) is 15.6. The normalized spacial score (nSPS) is 18.9.